The van der Waals surface area contributed by atoms with Gasteiger partial charge in [-0.15, -0.1) is 13.2 Å². The monoisotopic (exact) mass is 457 g/mol. The first kappa shape index (κ1) is 22.3. The Hall–Kier alpha value is -2.34. The van der Waals surface area contributed by atoms with E-state index in [0.717, 1.165) is 30.3 Å². The summed E-state index contributed by atoms with van der Waals surface area (Å²) in [7, 11) is -4.29. The second kappa shape index (κ2) is 7.73. The molecule has 2 aromatic rings. The van der Waals surface area contributed by atoms with Gasteiger partial charge < -0.3 is 4.74 Å². The average Bonchev–Trinajstić information content (AvgIpc) is 3.43. The molecule has 0 aromatic heterocycles. The van der Waals surface area contributed by atoms with Crippen LogP contribution < -0.4 is 9.46 Å². The van der Waals surface area contributed by atoms with Crippen LogP contribution in [0.3, 0.4) is 0 Å². The molecule has 0 radical (unpaired) electrons. The predicted octanol–water partition coefficient (Wildman–Crippen LogP) is 5.17. The molecule has 164 valence electrons. The first-order chi connectivity index (χ1) is 13.8. The van der Waals surface area contributed by atoms with Crippen molar-refractivity contribution in [2.24, 2.45) is 5.92 Å². The Bertz CT molecular complexity index is 1010. The quantitative estimate of drug-likeness (QED) is 0.609. The van der Waals surface area contributed by atoms with Crippen molar-refractivity contribution in [2.75, 3.05) is 0 Å². The van der Waals surface area contributed by atoms with E-state index >= 15 is 0 Å². The van der Waals surface area contributed by atoms with Crippen LogP contribution in [0.5, 0.6) is 5.75 Å². The van der Waals surface area contributed by atoms with Gasteiger partial charge in [0.2, 0.25) is 10.0 Å². The molecule has 30 heavy (non-hydrogen) atoms. The second-order valence-electron chi connectivity index (χ2n) is 6.69. The topological polar surface area (TPSA) is 55.4 Å². The molecule has 0 aliphatic heterocycles. The molecule has 1 aliphatic carbocycles. The number of sulfonamides is 1. The van der Waals surface area contributed by atoms with Crippen molar-refractivity contribution in [3.05, 3.63) is 59.4 Å². The minimum absolute atomic E-state index is 0.0631. The molecule has 0 amide bonds. The summed E-state index contributed by atoms with van der Waals surface area (Å²) in [5, 5.41) is 0. The highest BCUT2D eigenvalue weighted by molar-refractivity contribution is 7.89. The second-order valence-corrected chi connectivity index (χ2v) is 8.41. The van der Waals surface area contributed by atoms with Crippen LogP contribution >= 0.6 is 0 Å². The van der Waals surface area contributed by atoms with E-state index in [0.29, 0.717) is 25.0 Å². The molecule has 1 aliphatic rings. The number of nitrogens with one attached hydrogen (secondary N) is 1. The zero-order valence-corrected chi connectivity index (χ0v) is 15.7. The molecular weight excluding hydrogens is 443 g/mol. The average molecular weight is 457 g/mol. The first-order valence-electron chi connectivity index (χ1n) is 8.51. The lowest BCUT2D eigenvalue weighted by molar-refractivity contribution is -0.274. The number of benzene rings is 2. The van der Waals surface area contributed by atoms with Crippen LogP contribution in [0.2, 0.25) is 0 Å². The molecule has 1 fully saturated rings. The highest BCUT2D eigenvalue weighted by atomic mass is 32.2. The Labute approximate surface area is 166 Å². The first-order valence-corrected chi connectivity index (χ1v) is 9.99. The van der Waals surface area contributed by atoms with Gasteiger partial charge in [-0.25, -0.2) is 17.5 Å². The number of hydrogen-bond acceptors (Lipinski definition) is 3. The van der Waals surface area contributed by atoms with E-state index in [2.05, 4.69) is 9.46 Å². The molecule has 1 saturated carbocycles. The molecule has 1 atom stereocenters. The molecule has 0 spiro atoms. The zero-order chi connectivity index (χ0) is 22.3. The van der Waals surface area contributed by atoms with Crippen LogP contribution in [-0.2, 0) is 16.2 Å². The van der Waals surface area contributed by atoms with E-state index in [-0.39, 0.29) is 11.5 Å². The van der Waals surface area contributed by atoms with E-state index in [1.165, 1.54) is 0 Å². The molecule has 0 unspecified atom stereocenters. The van der Waals surface area contributed by atoms with Crippen LogP contribution in [0.15, 0.2) is 47.4 Å². The zero-order valence-electron chi connectivity index (χ0n) is 14.9. The summed E-state index contributed by atoms with van der Waals surface area (Å²) in [6, 6.07) is 4.53. The molecule has 0 saturated heterocycles. The van der Waals surface area contributed by atoms with E-state index in [1.807, 2.05) is 0 Å². The number of halogens is 7. The number of rotatable bonds is 6. The van der Waals surface area contributed by atoms with E-state index in [1.54, 1.807) is 0 Å². The summed E-state index contributed by atoms with van der Waals surface area (Å²) < 4.78 is 120. The van der Waals surface area contributed by atoms with E-state index in [9.17, 15) is 39.2 Å². The largest absolute Gasteiger partial charge is 0.573 e. The van der Waals surface area contributed by atoms with Gasteiger partial charge in [-0.2, -0.15) is 13.2 Å². The summed E-state index contributed by atoms with van der Waals surface area (Å²) in [6.45, 7) is 0. The van der Waals surface area contributed by atoms with E-state index < -0.39 is 50.6 Å². The van der Waals surface area contributed by atoms with Crippen LogP contribution in [0, 0.1) is 11.7 Å². The van der Waals surface area contributed by atoms with E-state index in [4.69, 9.17) is 0 Å². The third kappa shape index (κ3) is 5.42. The normalized spacial score (nSPS) is 16.4. The predicted molar refractivity (Wildman–Crippen MR) is 90.3 cm³/mol. The summed E-state index contributed by atoms with van der Waals surface area (Å²) in [5.41, 5.74) is -1.58. The van der Waals surface area contributed by atoms with Gasteiger partial charge in [-0.3, -0.25) is 0 Å². The van der Waals surface area contributed by atoms with Crippen molar-refractivity contribution < 1.29 is 43.9 Å². The van der Waals surface area contributed by atoms with Gasteiger partial charge in [0.05, 0.1) is 10.5 Å². The Morgan fingerprint density at radius 2 is 1.57 bits per heavy atom. The maximum atomic E-state index is 13.6. The third-order valence-electron chi connectivity index (χ3n) is 4.40. The Morgan fingerprint density at radius 3 is 2.07 bits per heavy atom. The number of hydrogen-bond donors (Lipinski definition) is 1. The van der Waals surface area contributed by atoms with Gasteiger partial charge in [-0.05, 0) is 60.7 Å². The highest BCUT2D eigenvalue weighted by Gasteiger charge is 2.39. The number of ether oxygens (including phenoxy) is 1. The van der Waals surface area contributed by atoms with Crippen molar-refractivity contribution >= 4 is 10.0 Å². The molecular formula is C18H14F7NO3S. The third-order valence-corrected chi connectivity index (χ3v) is 5.86. The molecule has 1 N–H and O–H groups in total. The van der Waals surface area contributed by atoms with Gasteiger partial charge >= 0.3 is 12.5 Å². The van der Waals surface area contributed by atoms with Crippen molar-refractivity contribution in [1.82, 2.24) is 4.72 Å². The van der Waals surface area contributed by atoms with Crippen molar-refractivity contribution in [3.8, 4) is 5.75 Å². The molecule has 0 bridgehead atoms. The fourth-order valence-corrected chi connectivity index (χ4v) is 4.17. The highest BCUT2D eigenvalue weighted by Crippen LogP contribution is 2.43. The van der Waals surface area contributed by atoms with Crippen molar-refractivity contribution in [3.63, 3.8) is 0 Å². The lowest BCUT2D eigenvalue weighted by Gasteiger charge is -2.20. The SMILES string of the molecule is O=S(=O)(N[C@H](c1ccc(F)c(C(F)(F)F)c1)C1CC1)c1ccc(OC(F)(F)F)cc1. The summed E-state index contributed by atoms with van der Waals surface area (Å²) >= 11 is 0. The fraction of sp³-hybridized carbons (Fsp3) is 0.333. The molecule has 12 heteroatoms. The fourth-order valence-electron chi connectivity index (χ4n) is 2.88. The minimum Gasteiger partial charge on any atom is -0.406 e. The van der Waals surface area contributed by atoms with Gasteiger partial charge in [0.15, 0.2) is 0 Å². The Balaban J connectivity index is 1.87. The smallest absolute Gasteiger partial charge is 0.406 e. The minimum atomic E-state index is -4.96. The van der Waals surface area contributed by atoms with Crippen molar-refractivity contribution in [1.29, 1.82) is 0 Å². The van der Waals surface area contributed by atoms with Gasteiger partial charge in [0.1, 0.15) is 11.6 Å². The lowest BCUT2D eigenvalue weighted by atomic mass is 10.0. The molecule has 3 rings (SSSR count). The van der Waals surface area contributed by atoms with Crippen molar-refractivity contribution in [2.45, 2.75) is 36.3 Å². The maximum Gasteiger partial charge on any atom is 0.573 e. The van der Waals surface area contributed by atoms with Crippen LogP contribution in [0.1, 0.15) is 30.0 Å². The standard InChI is InChI=1S/C18H14F7NO3S/c19-15-8-3-11(9-14(15)17(20,21)22)16(10-1-2-10)26-30(27,28)13-6-4-12(5-7-13)29-18(23,24)25/h3-10,16,26H,1-2H2/t16-/m0/s1. The van der Waals surface area contributed by atoms with Crippen LogP contribution in [0.25, 0.3) is 0 Å². The Kier molecular flexibility index (Phi) is 5.76. The van der Waals surface area contributed by atoms with Gasteiger partial charge in [0.25, 0.3) is 0 Å². The number of alkyl halides is 6. The van der Waals surface area contributed by atoms with Crippen LogP contribution in [-0.4, -0.2) is 14.8 Å². The molecule has 2 aromatic carbocycles. The Morgan fingerprint density at radius 1 is 0.967 bits per heavy atom. The lowest BCUT2D eigenvalue weighted by Crippen LogP contribution is -2.30. The van der Waals surface area contributed by atoms with Crippen LogP contribution in [0.4, 0.5) is 30.7 Å². The molecule has 0 heterocycles. The summed E-state index contributed by atoms with van der Waals surface area (Å²) in [5.74, 6) is -2.41. The van der Waals surface area contributed by atoms with Gasteiger partial charge in [0, 0.05) is 6.04 Å². The maximum absolute atomic E-state index is 13.6. The summed E-state index contributed by atoms with van der Waals surface area (Å²) in [6.07, 6.45) is -8.82. The summed E-state index contributed by atoms with van der Waals surface area (Å²) in [4.78, 5) is -0.402. The van der Waals surface area contributed by atoms with Gasteiger partial charge in [-0.1, -0.05) is 6.07 Å². The molecule has 4 nitrogen and oxygen atoms in total.